The SMILES string of the molecule is Cc1ccnc(C(C)C)c1-n1c(=O)c(C#N)c(O)c2cc(F)c(Cl)nc21. The van der Waals surface area contributed by atoms with Crippen molar-refractivity contribution in [2.45, 2.75) is 26.7 Å². The van der Waals surface area contributed by atoms with E-state index >= 15 is 0 Å². The second kappa shape index (κ2) is 6.39. The lowest BCUT2D eigenvalue weighted by atomic mass is 10.0. The van der Waals surface area contributed by atoms with Crippen molar-refractivity contribution in [2.75, 3.05) is 0 Å². The summed E-state index contributed by atoms with van der Waals surface area (Å²) in [5, 5.41) is 19.1. The van der Waals surface area contributed by atoms with Gasteiger partial charge in [0, 0.05) is 6.20 Å². The van der Waals surface area contributed by atoms with Crippen molar-refractivity contribution < 1.29 is 9.50 Å². The zero-order chi connectivity index (χ0) is 19.2. The Hall–Kier alpha value is -2.98. The molecule has 1 N–H and O–H groups in total. The summed E-state index contributed by atoms with van der Waals surface area (Å²) in [4.78, 5) is 21.2. The molecule has 132 valence electrons. The molecule has 8 heteroatoms. The van der Waals surface area contributed by atoms with Gasteiger partial charge in [0.05, 0.1) is 16.8 Å². The van der Waals surface area contributed by atoms with Crippen LogP contribution in [0, 0.1) is 24.1 Å². The Kier molecular flexibility index (Phi) is 4.38. The van der Waals surface area contributed by atoms with Gasteiger partial charge in [0.25, 0.3) is 5.56 Å². The molecule has 0 unspecified atom stereocenters. The van der Waals surface area contributed by atoms with E-state index < -0.39 is 27.8 Å². The number of aryl methyl sites for hydroxylation is 1. The second-order valence-electron chi connectivity index (χ2n) is 6.12. The maximum absolute atomic E-state index is 13.9. The van der Waals surface area contributed by atoms with Gasteiger partial charge in [-0.3, -0.25) is 14.3 Å². The maximum atomic E-state index is 13.9. The Bertz CT molecular complexity index is 1150. The molecule has 3 aromatic heterocycles. The Balaban J connectivity index is 2.63. The van der Waals surface area contributed by atoms with Crippen molar-refractivity contribution in [3.8, 4) is 17.5 Å². The first-order valence-corrected chi connectivity index (χ1v) is 8.15. The minimum absolute atomic E-state index is 0.0397. The molecule has 0 aliphatic rings. The highest BCUT2D eigenvalue weighted by atomic mass is 35.5. The predicted octanol–water partition coefficient (Wildman–Crippen LogP) is 3.58. The highest BCUT2D eigenvalue weighted by Crippen LogP contribution is 2.32. The van der Waals surface area contributed by atoms with Gasteiger partial charge in [-0.25, -0.2) is 9.37 Å². The average molecular weight is 373 g/mol. The number of hydrogen-bond acceptors (Lipinski definition) is 5. The van der Waals surface area contributed by atoms with E-state index in [1.54, 1.807) is 25.3 Å². The molecule has 6 nitrogen and oxygen atoms in total. The first-order valence-electron chi connectivity index (χ1n) is 7.77. The van der Waals surface area contributed by atoms with E-state index in [-0.39, 0.29) is 17.0 Å². The van der Waals surface area contributed by atoms with Crippen molar-refractivity contribution in [3.05, 3.63) is 56.5 Å². The molecule has 0 spiro atoms. The molecular formula is C18H14ClFN4O2. The van der Waals surface area contributed by atoms with Gasteiger partial charge < -0.3 is 5.11 Å². The van der Waals surface area contributed by atoms with Crippen LogP contribution in [-0.2, 0) is 0 Å². The fourth-order valence-corrected chi connectivity index (χ4v) is 2.97. The lowest BCUT2D eigenvalue weighted by molar-refractivity contribution is 0.477. The van der Waals surface area contributed by atoms with E-state index in [2.05, 4.69) is 9.97 Å². The molecule has 3 rings (SSSR count). The van der Waals surface area contributed by atoms with Gasteiger partial charge in [0.1, 0.15) is 11.8 Å². The van der Waals surface area contributed by atoms with Crippen LogP contribution in [-0.4, -0.2) is 19.6 Å². The van der Waals surface area contributed by atoms with Crippen molar-refractivity contribution in [3.63, 3.8) is 0 Å². The van der Waals surface area contributed by atoms with Crippen molar-refractivity contribution in [1.29, 1.82) is 5.26 Å². The summed E-state index contributed by atoms with van der Waals surface area (Å²) < 4.78 is 15.1. The second-order valence-corrected chi connectivity index (χ2v) is 6.48. The molecule has 3 aromatic rings. The fourth-order valence-electron chi connectivity index (χ4n) is 2.84. The fraction of sp³-hybridized carbons (Fsp3) is 0.222. The minimum atomic E-state index is -0.865. The topological polar surface area (TPSA) is 91.8 Å². The number of pyridine rings is 3. The molecule has 0 amide bonds. The summed E-state index contributed by atoms with van der Waals surface area (Å²) in [6.07, 6.45) is 1.62. The van der Waals surface area contributed by atoms with E-state index in [0.29, 0.717) is 16.9 Å². The number of nitriles is 1. The number of fused-ring (bicyclic) bond motifs is 1. The maximum Gasteiger partial charge on any atom is 0.278 e. The summed E-state index contributed by atoms with van der Waals surface area (Å²) in [6, 6.07) is 4.35. The lowest BCUT2D eigenvalue weighted by Gasteiger charge is -2.18. The minimum Gasteiger partial charge on any atom is -0.506 e. The first kappa shape index (κ1) is 17.8. The molecule has 0 aliphatic carbocycles. The molecule has 0 fully saturated rings. The van der Waals surface area contributed by atoms with Gasteiger partial charge in [-0.15, -0.1) is 0 Å². The van der Waals surface area contributed by atoms with Crippen LogP contribution in [0.4, 0.5) is 4.39 Å². The molecule has 0 saturated heterocycles. The first-order chi connectivity index (χ1) is 12.3. The van der Waals surface area contributed by atoms with E-state index in [4.69, 9.17) is 11.6 Å². The van der Waals surface area contributed by atoms with Crippen LogP contribution >= 0.6 is 11.6 Å². The summed E-state index contributed by atoms with van der Waals surface area (Å²) in [6.45, 7) is 5.60. The van der Waals surface area contributed by atoms with Crippen LogP contribution in [0.2, 0.25) is 5.15 Å². The number of nitrogens with zero attached hydrogens (tertiary/aromatic N) is 4. The molecular weight excluding hydrogens is 359 g/mol. The molecule has 0 aliphatic heterocycles. The Labute approximate surface area is 153 Å². The van der Waals surface area contributed by atoms with Gasteiger partial charge in [-0.05, 0) is 30.5 Å². The van der Waals surface area contributed by atoms with Crippen LogP contribution in [0.15, 0.2) is 23.1 Å². The van der Waals surface area contributed by atoms with Crippen LogP contribution < -0.4 is 5.56 Å². The highest BCUT2D eigenvalue weighted by Gasteiger charge is 2.23. The number of aromatic nitrogens is 3. The van der Waals surface area contributed by atoms with E-state index in [1.165, 1.54) is 0 Å². The molecule has 26 heavy (non-hydrogen) atoms. The molecule has 0 atom stereocenters. The van der Waals surface area contributed by atoms with Gasteiger partial charge >= 0.3 is 0 Å². The van der Waals surface area contributed by atoms with Crippen LogP contribution in [0.25, 0.3) is 16.7 Å². The molecule has 0 aromatic carbocycles. The van der Waals surface area contributed by atoms with Crippen LogP contribution in [0.1, 0.15) is 36.6 Å². The highest BCUT2D eigenvalue weighted by molar-refractivity contribution is 6.30. The van der Waals surface area contributed by atoms with E-state index in [0.717, 1.165) is 10.6 Å². The smallest absolute Gasteiger partial charge is 0.278 e. The number of hydrogen-bond donors (Lipinski definition) is 1. The number of aromatic hydroxyl groups is 1. The molecule has 0 bridgehead atoms. The zero-order valence-corrected chi connectivity index (χ0v) is 15.0. The summed E-state index contributed by atoms with van der Waals surface area (Å²) in [7, 11) is 0. The Morgan fingerprint density at radius 1 is 1.42 bits per heavy atom. The van der Waals surface area contributed by atoms with Crippen molar-refractivity contribution >= 4 is 22.6 Å². The molecule has 3 heterocycles. The van der Waals surface area contributed by atoms with Gasteiger partial charge in [-0.2, -0.15) is 5.26 Å². The van der Waals surface area contributed by atoms with Crippen molar-refractivity contribution in [1.82, 2.24) is 14.5 Å². The zero-order valence-electron chi connectivity index (χ0n) is 14.2. The Morgan fingerprint density at radius 2 is 2.12 bits per heavy atom. The van der Waals surface area contributed by atoms with E-state index in [1.807, 2.05) is 13.8 Å². The quantitative estimate of drug-likeness (QED) is 0.694. The van der Waals surface area contributed by atoms with Crippen LogP contribution in [0.5, 0.6) is 5.75 Å². The predicted molar refractivity (Wildman–Crippen MR) is 95.3 cm³/mol. The van der Waals surface area contributed by atoms with Crippen LogP contribution in [0.3, 0.4) is 0 Å². The summed E-state index contributed by atoms with van der Waals surface area (Å²) in [5.74, 6) is -1.53. The third kappa shape index (κ3) is 2.59. The monoisotopic (exact) mass is 372 g/mol. The largest absolute Gasteiger partial charge is 0.506 e. The Morgan fingerprint density at radius 3 is 2.73 bits per heavy atom. The average Bonchev–Trinajstić information content (AvgIpc) is 2.58. The third-order valence-electron chi connectivity index (χ3n) is 4.07. The van der Waals surface area contributed by atoms with Gasteiger partial charge in [0.2, 0.25) is 0 Å². The van der Waals surface area contributed by atoms with Gasteiger partial charge in [-0.1, -0.05) is 25.4 Å². The normalized spacial score (nSPS) is 11.1. The molecule has 0 saturated carbocycles. The summed E-state index contributed by atoms with van der Waals surface area (Å²) in [5.41, 5.74) is 0.430. The molecule has 0 radical (unpaired) electrons. The van der Waals surface area contributed by atoms with E-state index in [9.17, 15) is 19.6 Å². The van der Waals surface area contributed by atoms with Crippen molar-refractivity contribution in [2.24, 2.45) is 0 Å². The number of rotatable bonds is 2. The standard InChI is InChI=1S/C18H14ClFN4O2/c1-8(2)13-14(9(3)4-5-22-13)24-17-10(6-12(20)16(19)23-17)15(25)11(7-21)18(24)26/h4-6,8,25H,1-3H3. The summed E-state index contributed by atoms with van der Waals surface area (Å²) >= 11 is 5.80. The lowest BCUT2D eigenvalue weighted by Crippen LogP contribution is -2.25. The van der Waals surface area contributed by atoms with Gasteiger partial charge in [0.15, 0.2) is 22.2 Å². The third-order valence-corrected chi connectivity index (χ3v) is 4.34. The number of halogens is 2.